The Morgan fingerprint density at radius 1 is 1.53 bits per heavy atom. The van der Waals surface area contributed by atoms with Gasteiger partial charge in [0, 0.05) is 12.1 Å². The van der Waals surface area contributed by atoms with Crippen LogP contribution in [0.5, 0.6) is 0 Å². The van der Waals surface area contributed by atoms with Gasteiger partial charge in [-0.2, -0.15) is 0 Å². The highest BCUT2D eigenvalue weighted by Gasteiger charge is 2.19. The molecule has 0 N–H and O–H groups in total. The van der Waals surface area contributed by atoms with Crippen molar-refractivity contribution in [3.63, 3.8) is 0 Å². The Balaban J connectivity index is 3.37. The fourth-order valence-electron chi connectivity index (χ4n) is 1.11. The number of hydrogen-bond donors (Lipinski definition) is 0. The number of nitrogens with zero attached hydrogens (tertiary/aromatic N) is 1. The summed E-state index contributed by atoms with van der Waals surface area (Å²) in [5, 5.41) is 10.5. The molecule has 0 aliphatic carbocycles. The van der Waals surface area contributed by atoms with Gasteiger partial charge in [-0.1, -0.05) is 0 Å². The number of rotatable bonds is 2. The van der Waals surface area contributed by atoms with E-state index in [0.29, 0.717) is 0 Å². The molecule has 0 unspecified atom stereocenters. The average Bonchev–Trinajstić information content (AvgIpc) is 2.20. The van der Waals surface area contributed by atoms with E-state index in [2.05, 4.69) is 4.74 Å². The summed E-state index contributed by atoms with van der Waals surface area (Å²) in [6.45, 7) is 1.34. The van der Waals surface area contributed by atoms with Gasteiger partial charge in [-0.15, -0.1) is 0 Å². The molecule has 1 aromatic carbocycles. The summed E-state index contributed by atoms with van der Waals surface area (Å²) in [5.74, 6) is -1.73. The highest BCUT2D eigenvalue weighted by atomic mass is 19.1. The van der Waals surface area contributed by atoms with Crippen molar-refractivity contribution in [1.29, 1.82) is 0 Å². The number of benzene rings is 1. The Labute approximate surface area is 84.6 Å². The molecule has 1 rings (SSSR count). The van der Waals surface area contributed by atoms with E-state index in [1.807, 2.05) is 0 Å². The molecule has 0 atom stereocenters. The SMILES string of the molecule is COC(=O)c1cc([N+](=O)[O-])cc(C)c1F. The Bertz CT molecular complexity index is 430. The standard InChI is InChI=1S/C9H8FNO4/c1-5-3-6(11(13)14)4-7(8(5)10)9(12)15-2/h3-4H,1-2H3. The molecule has 1 aromatic rings. The van der Waals surface area contributed by atoms with Crippen molar-refractivity contribution in [3.8, 4) is 0 Å². The zero-order valence-corrected chi connectivity index (χ0v) is 8.11. The maximum Gasteiger partial charge on any atom is 0.341 e. The number of hydrogen-bond acceptors (Lipinski definition) is 4. The summed E-state index contributed by atoms with van der Waals surface area (Å²) in [6.07, 6.45) is 0. The van der Waals surface area contributed by atoms with Crippen LogP contribution in [0.4, 0.5) is 10.1 Å². The Hall–Kier alpha value is -1.98. The lowest BCUT2D eigenvalue weighted by Crippen LogP contribution is -2.06. The van der Waals surface area contributed by atoms with Gasteiger partial charge in [0.25, 0.3) is 5.69 Å². The number of nitro groups is 1. The molecular weight excluding hydrogens is 205 g/mol. The third-order valence-electron chi connectivity index (χ3n) is 1.86. The van der Waals surface area contributed by atoms with Crippen LogP contribution in [0.25, 0.3) is 0 Å². The summed E-state index contributed by atoms with van der Waals surface area (Å²) in [6, 6.07) is 1.91. The van der Waals surface area contributed by atoms with Crippen molar-refractivity contribution in [2.75, 3.05) is 7.11 Å². The zero-order valence-electron chi connectivity index (χ0n) is 8.11. The van der Waals surface area contributed by atoms with E-state index >= 15 is 0 Å². The normalized spacial score (nSPS) is 9.80. The molecule has 0 spiro atoms. The number of halogens is 1. The topological polar surface area (TPSA) is 69.4 Å². The van der Waals surface area contributed by atoms with Crippen molar-refractivity contribution < 1.29 is 18.8 Å². The number of methoxy groups -OCH3 is 1. The molecular formula is C9H8FNO4. The predicted molar refractivity (Wildman–Crippen MR) is 49.1 cm³/mol. The molecule has 0 radical (unpaired) electrons. The molecule has 0 amide bonds. The van der Waals surface area contributed by atoms with Crippen molar-refractivity contribution in [2.45, 2.75) is 6.92 Å². The first-order valence-corrected chi connectivity index (χ1v) is 4.00. The van der Waals surface area contributed by atoms with E-state index in [1.165, 1.54) is 6.92 Å². The van der Waals surface area contributed by atoms with E-state index < -0.39 is 22.3 Å². The van der Waals surface area contributed by atoms with E-state index in [9.17, 15) is 19.3 Å². The van der Waals surface area contributed by atoms with Gasteiger partial charge in [0.15, 0.2) is 0 Å². The highest BCUT2D eigenvalue weighted by Crippen LogP contribution is 2.21. The number of carbonyl (C=O) groups excluding carboxylic acids is 1. The highest BCUT2D eigenvalue weighted by molar-refractivity contribution is 5.90. The van der Waals surface area contributed by atoms with Crippen LogP contribution in [0.3, 0.4) is 0 Å². The number of esters is 1. The van der Waals surface area contributed by atoms with Crippen LogP contribution in [-0.4, -0.2) is 18.0 Å². The van der Waals surface area contributed by atoms with Gasteiger partial charge in [-0.3, -0.25) is 10.1 Å². The molecule has 0 aliphatic rings. The summed E-state index contributed by atoms with van der Waals surface area (Å²) in [5.41, 5.74) is -0.733. The van der Waals surface area contributed by atoms with Crippen LogP contribution < -0.4 is 0 Å². The molecule has 0 heterocycles. The van der Waals surface area contributed by atoms with Gasteiger partial charge in [0.05, 0.1) is 12.0 Å². The lowest BCUT2D eigenvalue weighted by molar-refractivity contribution is -0.385. The second kappa shape index (κ2) is 4.04. The average molecular weight is 213 g/mol. The molecule has 80 valence electrons. The van der Waals surface area contributed by atoms with Crippen LogP contribution in [0, 0.1) is 22.9 Å². The first-order chi connectivity index (χ1) is 6.97. The Morgan fingerprint density at radius 2 is 2.13 bits per heavy atom. The maximum absolute atomic E-state index is 13.4. The number of nitro benzene ring substituents is 1. The first kappa shape index (κ1) is 11.1. The first-order valence-electron chi connectivity index (χ1n) is 4.00. The van der Waals surface area contributed by atoms with Gasteiger partial charge < -0.3 is 4.74 Å². The second-order valence-corrected chi connectivity index (χ2v) is 2.87. The third-order valence-corrected chi connectivity index (χ3v) is 1.86. The van der Waals surface area contributed by atoms with E-state index in [-0.39, 0.29) is 11.3 Å². The molecule has 15 heavy (non-hydrogen) atoms. The smallest absolute Gasteiger partial charge is 0.341 e. The number of ether oxygens (including phenoxy) is 1. The lowest BCUT2D eigenvalue weighted by atomic mass is 10.1. The Kier molecular flexibility index (Phi) is 2.99. The molecule has 0 saturated carbocycles. The summed E-state index contributed by atoms with van der Waals surface area (Å²) in [4.78, 5) is 20.8. The second-order valence-electron chi connectivity index (χ2n) is 2.87. The van der Waals surface area contributed by atoms with Crippen molar-refractivity contribution in [3.05, 3.63) is 39.2 Å². The van der Waals surface area contributed by atoms with Crippen LogP contribution in [-0.2, 0) is 4.74 Å². The number of aryl methyl sites for hydroxylation is 1. The molecule has 5 nitrogen and oxygen atoms in total. The van der Waals surface area contributed by atoms with Gasteiger partial charge in [0.2, 0.25) is 0 Å². The fourth-order valence-corrected chi connectivity index (χ4v) is 1.11. The van der Waals surface area contributed by atoms with Crippen LogP contribution >= 0.6 is 0 Å². The lowest BCUT2D eigenvalue weighted by Gasteiger charge is -2.03. The predicted octanol–water partition coefficient (Wildman–Crippen LogP) is 1.83. The molecule has 6 heteroatoms. The van der Waals surface area contributed by atoms with E-state index in [4.69, 9.17) is 0 Å². The molecule has 0 bridgehead atoms. The minimum atomic E-state index is -0.931. The number of carbonyl (C=O) groups is 1. The monoisotopic (exact) mass is 213 g/mol. The maximum atomic E-state index is 13.4. The minimum Gasteiger partial charge on any atom is -0.465 e. The van der Waals surface area contributed by atoms with Crippen LogP contribution in [0.1, 0.15) is 15.9 Å². The Morgan fingerprint density at radius 3 is 2.60 bits per heavy atom. The molecule has 0 fully saturated rings. The van der Waals surface area contributed by atoms with E-state index in [1.54, 1.807) is 0 Å². The van der Waals surface area contributed by atoms with Crippen LogP contribution in [0.15, 0.2) is 12.1 Å². The molecule has 0 aliphatic heterocycles. The van der Waals surface area contributed by atoms with E-state index in [0.717, 1.165) is 19.2 Å². The summed E-state index contributed by atoms with van der Waals surface area (Å²) >= 11 is 0. The quantitative estimate of drug-likeness (QED) is 0.427. The van der Waals surface area contributed by atoms with Crippen molar-refractivity contribution in [1.82, 2.24) is 0 Å². The fraction of sp³-hybridized carbons (Fsp3) is 0.222. The zero-order chi connectivity index (χ0) is 11.6. The third kappa shape index (κ3) is 2.09. The van der Waals surface area contributed by atoms with Crippen molar-refractivity contribution in [2.24, 2.45) is 0 Å². The molecule has 0 saturated heterocycles. The van der Waals surface area contributed by atoms with Gasteiger partial charge in [-0.25, -0.2) is 9.18 Å². The van der Waals surface area contributed by atoms with Gasteiger partial charge >= 0.3 is 5.97 Å². The summed E-state index contributed by atoms with van der Waals surface area (Å²) < 4.78 is 17.7. The minimum absolute atomic E-state index is 0.0320. The van der Waals surface area contributed by atoms with Gasteiger partial charge in [0.1, 0.15) is 11.4 Å². The van der Waals surface area contributed by atoms with Crippen LogP contribution in [0.2, 0.25) is 0 Å². The van der Waals surface area contributed by atoms with Crippen molar-refractivity contribution >= 4 is 11.7 Å². The summed E-state index contributed by atoms with van der Waals surface area (Å²) in [7, 11) is 1.08. The largest absolute Gasteiger partial charge is 0.465 e. The van der Waals surface area contributed by atoms with Gasteiger partial charge in [-0.05, 0) is 12.5 Å². The number of non-ortho nitro benzene ring substituents is 1. The molecule has 0 aromatic heterocycles.